The number of benzene rings is 1. The van der Waals surface area contributed by atoms with Gasteiger partial charge in [-0.3, -0.25) is 0 Å². The fourth-order valence-corrected chi connectivity index (χ4v) is 2.29. The molecule has 0 aliphatic heterocycles. The molecule has 0 fully saturated rings. The Morgan fingerprint density at radius 3 is 2.94 bits per heavy atom. The zero-order valence-electron chi connectivity index (χ0n) is 10.9. The molecule has 0 radical (unpaired) electrons. The van der Waals surface area contributed by atoms with Gasteiger partial charge in [0.2, 0.25) is 0 Å². The van der Waals surface area contributed by atoms with Gasteiger partial charge in [-0.15, -0.1) is 0 Å². The van der Waals surface area contributed by atoms with Gasteiger partial charge >= 0.3 is 0 Å². The lowest BCUT2D eigenvalue weighted by molar-refractivity contribution is 0.481. The van der Waals surface area contributed by atoms with Gasteiger partial charge in [0, 0.05) is 7.05 Å². The van der Waals surface area contributed by atoms with Crippen LogP contribution in [-0.2, 0) is 13.5 Å². The van der Waals surface area contributed by atoms with Crippen molar-refractivity contribution in [3.8, 4) is 0 Å². The number of nitrogens with one attached hydrogen (secondary N) is 1. The highest BCUT2D eigenvalue weighted by Crippen LogP contribution is 2.17. The second kappa shape index (κ2) is 5.32. The molecule has 3 nitrogen and oxygen atoms in total. The van der Waals surface area contributed by atoms with E-state index in [-0.39, 0.29) is 0 Å². The minimum atomic E-state index is 0.709. The zero-order chi connectivity index (χ0) is 12.3. The summed E-state index contributed by atoms with van der Waals surface area (Å²) in [5, 5.41) is 3.26. The van der Waals surface area contributed by atoms with Crippen molar-refractivity contribution in [2.45, 2.75) is 19.8 Å². The molecule has 17 heavy (non-hydrogen) atoms. The first-order chi connectivity index (χ1) is 8.24. The Morgan fingerprint density at radius 2 is 2.24 bits per heavy atom. The second-order valence-electron chi connectivity index (χ2n) is 4.71. The Labute approximate surface area is 103 Å². The average Bonchev–Trinajstić information content (AvgIpc) is 2.70. The molecule has 0 aliphatic rings. The van der Waals surface area contributed by atoms with E-state index in [0.29, 0.717) is 5.92 Å². The largest absolute Gasteiger partial charge is 0.334 e. The van der Waals surface area contributed by atoms with Crippen LogP contribution in [0.3, 0.4) is 0 Å². The first kappa shape index (κ1) is 12.1. The fourth-order valence-electron chi connectivity index (χ4n) is 2.29. The monoisotopic (exact) mass is 231 g/mol. The molecule has 0 saturated carbocycles. The molecule has 0 aliphatic carbocycles. The Bertz CT molecular complexity index is 487. The highest BCUT2D eigenvalue weighted by Gasteiger charge is 2.08. The first-order valence-electron chi connectivity index (χ1n) is 6.29. The molecule has 0 bridgehead atoms. The van der Waals surface area contributed by atoms with Crippen LogP contribution in [0.4, 0.5) is 0 Å². The maximum absolute atomic E-state index is 4.41. The van der Waals surface area contributed by atoms with E-state index in [1.54, 1.807) is 0 Å². The van der Waals surface area contributed by atoms with Crippen molar-refractivity contribution in [3.05, 3.63) is 30.1 Å². The molecule has 92 valence electrons. The summed E-state index contributed by atoms with van der Waals surface area (Å²) < 4.78 is 2.06. The SMILES string of the molecule is CCC(CNC)Cc1ccc2c(c1)ncn2C. The molecular weight excluding hydrogens is 210 g/mol. The van der Waals surface area contributed by atoms with Gasteiger partial charge in [-0.1, -0.05) is 19.4 Å². The molecule has 2 rings (SSSR count). The van der Waals surface area contributed by atoms with E-state index in [4.69, 9.17) is 0 Å². The number of nitrogens with zero attached hydrogens (tertiary/aromatic N) is 2. The van der Waals surface area contributed by atoms with Gasteiger partial charge in [0.15, 0.2) is 0 Å². The van der Waals surface area contributed by atoms with Crippen LogP contribution in [-0.4, -0.2) is 23.1 Å². The van der Waals surface area contributed by atoms with Crippen molar-refractivity contribution in [3.63, 3.8) is 0 Å². The normalized spacial score (nSPS) is 13.1. The summed E-state index contributed by atoms with van der Waals surface area (Å²) in [5.74, 6) is 0.709. The number of hydrogen-bond donors (Lipinski definition) is 1. The van der Waals surface area contributed by atoms with E-state index in [1.165, 1.54) is 17.5 Å². The lowest BCUT2D eigenvalue weighted by atomic mass is 9.96. The van der Waals surface area contributed by atoms with Crippen molar-refractivity contribution in [2.75, 3.05) is 13.6 Å². The summed E-state index contributed by atoms with van der Waals surface area (Å²) in [6.07, 6.45) is 4.21. The number of hydrogen-bond acceptors (Lipinski definition) is 2. The van der Waals surface area contributed by atoms with Gasteiger partial charge in [0.1, 0.15) is 0 Å². The second-order valence-corrected chi connectivity index (χ2v) is 4.71. The van der Waals surface area contributed by atoms with E-state index in [1.807, 2.05) is 20.4 Å². The third-order valence-electron chi connectivity index (χ3n) is 3.38. The van der Waals surface area contributed by atoms with Crippen molar-refractivity contribution in [1.82, 2.24) is 14.9 Å². The molecule has 1 aromatic heterocycles. The Morgan fingerprint density at radius 1 is 1.41 bits per heavy atom. The fraction of sp³-hybridized carbons (Fsp3) is 0.500. The zero-order valence-corrected chi connectivity index (χ0v) is 10.9. The van der Waals surface area contributed by atoms with E-state index < -0.39 is 0 Å². The van der Waals surface area contributed by atoms with Crippen LogP contribution in [0, 0.1) is 5.92 Å². The van der Waals surface area contributed by atoms with Crippen molar-refractivity contribution >= 4 is 11.0 Å². The molecule has 2 aromatic rings. The van der Waals surface area contributed by atoms with Crippen LogP contribution in [0.15, 0.2) is 24.5 Å². The maximum atomic E-state index is 4.41. The van der Waals surface area contributed by atoms with Crippen LogP contribution in [0.2, 0.25) is 0 Å². The topological polar surface area (TPSA) is 29.9 Å². The summed E-state index contributed by atoms with van der Waals surface area (Å²) in [6.45, 7) is 3.33. The summed E-state index contributed by atoms with van der Waals surface area (Å²) in [7, 11) is 4.05. The van der Waals surface area contributed by atoms with E-state index >= 15 is 0 Å². The molecule has 0 amide bonds. The van der Waals surface area contributed by atoms with Gasteiger partial charge in [-0.05, 0) is 43.6 Å². The molecule has 1 aromatic carbocycles. The van der Waals surface area contributed by atoms with Crippen LogP contribution in [0.5, 0.6) is 0 Å². The van der Waals surface area contributed by atoms with E-state index in [0.717, 1.165) is 18.5 Å². The minimum Gasteiger partial charge on any atom is -0.334 e. The van der Waals surface area contributed by atoms with Gasteiger partial charge in [0.05, 0.1) is 17.4 Å². The van der Waals surface area contributed by atoms with Crippen molar-refractivity contribution in [1.29, 1.82) is 0 Å². The predicted molar refractivity (Wildman–Crippen MR) is 72.1 cm³/mol. The highest BCUT2D eigenvalue weighted by molar-refractivity contribution is 5.75. The number of fused-ring (bicyclic) bond motifs is 1. The van der Waals surface area contributed by atoms with Crippen LogP contribution >= 0.6 is 0 Å². The molecule has 1 unspecified atom stereocenters. The summed E-state index contributed by atoms with van der Waals surface area (Å²) in [5.41, 5.74) is 3.69. The molecule has 1 N–H and O–H groups in total. The standard InChI is InChI=1S/C14H21N3/c1-4-11(9-15-2)7-12-5-6-14-13(8-12)16-10-17(14)3/h5-6,8,10-11,15H,4,7,9H2,1-3H3. The highest BCUT2D eigenvalue weighted by atomic mass is 15.0. The van der Waals surface area contributed by atoms with Gasteiger partial charge in [-0.2, -0.15) is 0 Å². The lowest BCUT2D eigenvalue weighted by Gasteiger charge is -2.14. The smallest absolute Gasteiger partial charge is 0.0955 e. The van der Waals surface area contributed by atoms with E-state index in [9.17, 15) is 0 Å². The Balaban J connectivity index is 2.18. The molecule has 1 heterocycles. The average molecular weight is 231 g/mol. The van der Waals surface area contributed by atoms with Crippen molar-refractivity contribution < 1.29 is 0 Å². The molecule has 1 atom stereocenters. The number of aryl methyl sites for hydroxylation is 1. The van der Waals surface area contributed by atoms with E-state index in [2.05, 4.69) is 40.0 Å². The predicted octanol–water partition coefficient (Wildman–Crippen LogP) is 2.36. The van der Waals surface area contributed by atoms with Crippen LogP contribution in [0.25, 0.3) is 11.0 Å². The molecule has 0 saturated heterocycles. The van der Waals surface area contributed by atoms with Crippen molar-refractivity contribution in [2.24, 2.45) is 13.0 Å². The summed E-state index contributed by atoms with van der Waals surface area (Å²) >= 11 is 0. The molecular formula is C14H21N3. The quantitative estimate of drug-likeness (QED) is 0.856. The van der Waals surface area contributed by atoms with Gasteiger partial charge in [-0.25, -0.2) is 4.98 Å². The third-order valence-corrected chi connectivity index (χ3v) is 3.38. The molecule has 3 heteroatoms. The Hall–Kier alpha value is -1.35. The minimum absolute atomic E-state index is 0.709. The number of aromatic nitrogens is 2. The van der Waals surface area contributed by atoms with Gasteiger partial charge < -0.3 is 9.88 Å². The maximum Gasteiger partial charge on any atom is 0.0955 e. The van der Waals surface area contributed by atoms with Gasteiger partial charge in [0.25, 0.3) is 0 Å². The summed E-state index contributed by atoms with van der Waals surface area (Å²) in [6, 6.07) is 6.61. The Kier molecular flexibility index (Phi) is 3.79. The number of rotatable bonds is 5. The third kappa shape index (κ3) is 2.67. The number of imidazole rings is 1. The summed E-state index contributed by atoms with van der Waals surface area (Å²) in [4.78, 5) is 4.41. The molecule has 0 spiro atoms. The first-order valence-corrected chi connectivity index (χ1v) is 6.29. The van der Waals surface area contributed by atoms with Crippen LogP contribution < -0.4 is 5.32 Å². The lowest BCUT2D eigenvalue weighted by Crippen LogP contribution is -2.20. The van der Waals surface area contributed by atoms with Crippen LogP contribution in [0.1, 0.15) is 18.9 Å².